The molecule has 0 spiro atoms. The molecule has 0 aromatic carbocycles. The van der Waals surface area contributed by atoms with E-state index in [4.69, 9.17) is 16.3 Å². The van der Waals surface area contributed by atoms with Crippen LogP contribution in [-0.4, -0.2) is 50.1 Å². The number of rotatable bonds is 6. The topological polar surface area (TPSA) is 54.5 Å². The molecule has 1 aromatic rings. The molecule has 0 atom stereocenters. The number of anilines is 1. The predicted molar refractivity (Wildman–Crippen MR) is 72.2 cm³/mol. The van der Waals surface area contributed by atoms with E-state index in [-0.39, 0.29) is 5.91 Å². The van der Waals surface area contributed by atoms with Crippen molar-refractivity contribution < 1.29 is 9.53 Å². The minimum absolute atomic E-state index is 0.116. The Morgan fingerprint density at radius 3 is 2.94 bits per heavy atom. The first-order valence-corrected chi connectivity index (χ1v) is 6.05. The van der Waals surface area contributed by atoms with Crippen LogP contribution in [0.5, 0.6) is 0 Å². The van der Waals surface area contributed by atoms with Crippen LogP contribution in [0.15, 0.2) is 12.3 Å². The summed E-state index contributed by atoms with van der Waals surface area (Å²) in [4.78, 5) is 17.8. The van der Waals surface area contributed by atoms with Crippen LogP contribution in [0, 0.1) is 0 Å². The standard InChI is InChI=1S/C12H18ClN3O2/c1-14-11-7-9(10(13)8-15-11)12(17)16(2)5-4-6-18-3/h7-8H,4-6H2,1-3H3,(H,14,15). The monoisotopic (exact) mass is 271 g/mol. The fourth-order valence-corrected chi connectivity index (χ4v) is 1.68. The van der Waals surface area contributed by atoms with E-state index >= 15 is 0 Å². The summed E-state index contributed by atoms with van der Waals surface area (Å²) in [5, 5.41) is 3.24. The average molecular weight is 272 g/mol. The van der Waals surface area contributed by atoms with Gasteiger partial charge in [0.25, 0.3) is 5.91 Å². The van der Waals surface area contributed by atoms with E-state index in [1.807, 2.05) is 0 Å². The van der Waals surface area contributed by atoms with E-state index in [2.05, 4.69) is 10.3 Å². The molecule has 0 aliphatic rings. The number of nitrogens with one attached hydrogen (secondary N) is 1. The fourth-order valence-electron chi connectivity index (χ4n) is 1.49. The molecule has 0 saturated heterocycles. The van der Waals surface area contributed by atoms with Crippen LogP contribution in [0.4, 0.5) is 5.82 Å². The summed E-state index contributed by atoms with van der Waals surface area (Å²) in [5.41, 5.74) is 0.455. The van der Waals surface area contributed by atoms with Gasteiger partial charge in [-0.25, -0.2) is 4.98 Å². The van der Waals surface area contributed by atoms with Crippen molar-refractivity contribution in [2.75, 3.05) is 39.7 Å². The number of pyridine rings is 1. The van der Waals surface area contributed by atoms with Crippen molar-refractivity contribution in [1.82, 2.24) is 9.88 Å². The molecule has 18 heavy (non-hydrogen) atoms. The normalized spacial score (nSPS) is 10.2. The zero-order valence-electron chi connectivity index (χ0n) is 10.9. The second-order valence-electron chi connectivity index (χ2n) is 3.87. The summed E-state index contributed by atoms with van der Waals surface area (Å²) in [6, 6.07) is 1.65. The Morgan fingerprint density at radius 1 is 1.61 bits per heavy atom. The smallest absolute Gasteiger partial charge is 0.255 e. The van der Waals surface area contributed by atoms with Crippen LogP contribution in [-0.2, 0) is 4.74 Å². The summed E-state index contributed by atoms with van der Waals surface area (Å²) >= 11 is 5.99. The zero-order valence-corrected chi connectivity index (χ0v) is 11.6. The number of nitrogens with zero attached hydrogens (tertiary/aromatic N) is 2. The molecule has 0 aliphatic carbocycles. The highest BCUT2D eigenvalue weighted by molar-refractivity contribution is 6.33. The van der Waals surface area contributed by atoms with Crippen LogP contribution < -0.4 is 5.32 Å². The Bertz CT molecular complexity index is 412. The van der Waals surface area contributed by atoms with Gasteiger partial charge in [-0.3, -0.25) is 4.79 Å². The second-order valence-corrected chi connectivity index (χ2v) is 4.28. The Kier molecular flexibility index (Phi) is 5.88. The Labute approximate surface area is 112 Å². The highest BCUT2D eigenvalue weighted by atomic mass is 35.5. The third-order valence-corrected chi connectivity index (χ3v) is 2.83. The summed E-state index contributed by atoms with van der Waals surface area (Å²) in [6.45, 7) is 1.25. The van der Waals surface area contributed by atoms with Crippen molar-refractivity contribution in [3.05, 3.63) is 22.8 Å². The van der Waals surface area contributed by atoms with Gasteiger partial charge in [0, 0.05) is 40.6 Å². The number of carbonyl (C=O) groups is 1. The molecule has 0 aliphatic heterocycles. The molecule has 1 heterocycles. The van der Waals surface area contributed by atoms with Gasteiger partial charge in [-0.2, -0.15) is 0 Å². The Morgan fingerprint density at radius 2 is 2.33 bits per heavy atom. The van der Waals surface area contributed by atoms with E-state index in [1.54, 1.807) is 32.2 Å². The number of aromatic nitrogens is 1. The quantitative estimate of drug-likeness (QED) is 0.803. The molecule has 100 valence electrons. The zero-order chi connectivity index (χ0) is 13.5. The van der Waals surface area contributed by atoms with Crippen molar-refractivity contribution in [2.24, 2.45) is 0 Å². The minimum atomic E-state index is -0.116. The molecule has 0 radical (unpaired) electrons. The summed E-state index contributed by atoms with van der Waals surface area (Å²) in [7, 11) is 5.13. The van der Waals surface area contributed by atoms with Gasteiger partial charge >= 0.3 is 0 Å². The predicted octanol–water partition coefficient (Wildman–Crippen LogP) is 1.89. The lowest BCUT2D eigenvalue weighted by Crippen LogP contribution is -2.28. The van der Waals surface area contributed by atoms with Crippen LogP contribution in [0.25, 0.3) is 0 Å². The summed E-state index contributed by atoms with van der Waals surface area (Å²) in [6.07, 6.45) is 2.27. The fraction of sp³-hybridized carbons (Fsp3) is 0.500. The van der Waals surface area contributed by atoms with Gasteiger partial charge in [-0.05, 0) is 12.5 Å². The van der Waals surface area contributed by atoms with E-state index in [0.717, 1.165) is 6.42 Å². The molecule has 1 aromatic heterocycles. The molecule has 1 rings (SSSR count). The van der Waals surface area contributed by atoms with Gasteiger partial charge in [0.1, 0.15) is 5.82 Å². The summed E-state index contributed by atoms with van der Waals surface area (Å²) < 4.78 is 4.95. The lowest BCUT2D eigenvalue weighted by Gasteiger charge is -2.18. The van der Waals surface area contributed by atoms with Crippen LogP contribution in [0.3, 0.4) is 0 Å². The average Bonchev–Trinajstić information content (AvgIpc) is 2.38. The van der Waals surface area contributed by atoms with E-state index in [1.165, 1.54) is 6.20 Å². The molecule has 0 fully saturated rings. The first-order chi connectivity index (χ1) is 8.60. The Balaban J connectivity index is 2.76. The van der Waals surface area contributed by atoms with Gasteiger partial charge in [0.05, 0.1) is 10.6 Å². The van der Waals surface area contributed by atoms with Crippen molar-refractivity contribution >= 4 is 23.3 Å². The third kappa shape index (κ3) is 3.85. The summed E-state index contributed by atoms with van der Waals surface area (Å²) in [5.74, 6) is 0.503. The number of hydrogen-bond donors (Lipinski definition) is 1. The molecule has 1 N–H and O–H groups in total. The van der Waals surface area contributed by atoms with Gasteiger partial charge in [-0.1, -0.05) is 11.6 Å². The number of amides is 1. The van der Waals surface area contributed by atoms with Crippen molar-refractivity contribution in [1.29, 1.82) is 0 Å². The molecule has 0 unspecified atom stereocenters. The van der Waals surface area contributed by atoms with Crippen LogP contribution in [0.1, 0.15) is 16.8 Å². The molecule has 5 nitrogen and oxygen atoms in total. The number of halogens is 1. The van der Waals surface area contributed by atoms with Crippen molar-refractivity contribution in [3.63, 3.8) is 0 Å². The van der Waals surface area contributed by atoms with Crippen LogP contribution >= 0.6 is 11.6 Å². The lowest BCUT2D eigenvalue weighted by atomic mass is 10.2. The third-order valence-electron chi connectivity index (χ3n) is 2.53. The van der Waals surface area contributed by atoms with Crippen molar-refractivity contribution in [3.8, 4) is 0 Å². The largest absolute Gasteiger partial charge is 0.385 e. The van der Waals surface area contributed by atoms with Gasteiger partial charge in [-0.15, -0.1) is 0 Å². The lowest BCUT2D eigenvalue weighted by molar-refractivity contribution is 0.0779. The molecule has 1 amide bonds. The maximum Gasteiger partial charge on any atom is 0.255 e. The molecule has 6 heteroatoms. The number of carbonyl (C=O) groups excluding carboxylic acids is 1. The maximum absolute atomic E-state index is 12.2. The highest BCUT2D eigenvalue weighted by Crippen LogP contribution is 2.19. The first-order valence-electron chi connectivity index (χ1n) is 5.67. The van der Waals surface area contributed by atoms with Gasteiger partial charge in [0.15, 0.2) is 0 Å². The second kappa shape index (κ2) is 7.18. The van der Waals surface area contributed by atoms with E-state index in [0.29, 0.717) is 29.6 Å². The molecular weight excluding hydrogens is 254 g/mol. The van der Waals surface area contributed by atoms with Crippen molar-refractivity contribution in [2.45, 2.75) is 6.42 Å². The van der Waals surface area contributed by atoms with Gasteiger partial charge < -0.3 is 15.0 Å². The number of methoxy groups -OCH3 is 1. The van der Waals surface area contributed by atoms with E-state index < -0.39 is 0 Å². The molecule has 0 bridgehead atoms. The SMILES string of the molecule is CNc1cc(C(=O)N(C)CCCOC)c(Cl)cn1. The molecular formula is C12H18ClN3O2. The maximum atomic E-state index is 12.2. The highest BCUT2D eigenvalue weighted by Gasteiger charge is 2.15. The van der Waals surface area contributed by atoms with Gasteiger partial charge in [0.2, 0.25) is 0 Å². The first kappa shape index (κ1) is 14.7. The minimum Gasteiger partial charge on any atom is -0.385 e. The van der Waals surface area contributed by atoms with E-state index in [9.17, 15) is 4.79 Å². The number of hydrogen-bond acceptors (Lipinski definition) is 4. The van der Waals surface area contributed by atoms with Crippen LogP contribution in [0.2, 0.25) is 5.02 Å². The molecule has 0 saturated carbocycles. The Hall–Kier alpha value is -1.33. The number of ether oxygens (including phenoxy) is 1.